The summed E-state index contributed by atoms with van der Waals surface area (Å²) in [5.74, 6) is 0.315. The summed E-state index contributed by atoms with van der Waals surface area (Å²) in [6.45, 7) is 4.68. The van der Waals surface area contributed by atoms with Gasteiger partial charge in [0.2, 0.25) is 0 Å². The third kappa shape index (κ3) is 5.28. The van der Waals surface area contributed by atoms with Crippen LogP contribution in [-0.4, -0.2) is 4.98 Å². The Labute approximate surface area is 343 Å². The highest BCUT2D eigenvalue weighted by Crippen LogP contribution is 2.50. The molecule has 2 heterocycles. The van der Waals surface area contributed by atoms with Gasteiger partial charge in [0, 0.05) is 66.5 Å². The van der Waals surface area contributed by atoms with Crippen molar-refractivity contribution in [2.75, 3.05) is 4.90 Å². The van der Waals surface area contributed by atoms with Gasteiger partial charge in [-0.05, 0) is 111 Å². The third-order valence-corrected chi connectivity index (χ3v) is 12.9. The first-order valence-electron chi connectivity index (χ1n) is 20.5. The van der Waals surface area contributed by atoms with Crippen molar-refractivity contribution in [3.63, 3.8) is 0 Å². The fourth-order valence-electron chi connectivity index (χ4n) is 9.79. The van der Waals surface area contributed by atoms with Crippen molar-refractivity contribution in [3.8, 4) is 33.4 Å². The lowest BCUT2D eigenvalue weighted by Crippen LogP contribution is -2.14. The van der Waals surface area contributed by atoms with Gasteiger partial charge in [-0.25, -0.2) is 0 Å². The fraction of sp³-hybridized carbons (Fsp3) is 0.0714. The van der Waals surface area contributed by atoms with Crippen molar-refractivity contribution in [2.24, 2.45) is 0 Å². The molecule has 2 aliphatic carbocycles. The first kappa shape index (κ1) is 33.7. The number of hydrogen-bond donors (Lipinski definition) is 1. The van der Waals surface area contributed by atoms with E-state index < -0.39 is 0 Å². The van der Waals surface area contributed by atoms with E-state index in [1.54, 1.807) is 0 Å². The second kappa shape index (κ2) is 12.8. The minimum atomic E-state index is -0.0307. The first-order valence-corrected chi connectivity index (χ1v) is 20.5. The summed E-state index contributed by atoms with van der Waals surface area (Å²) in [5, 5.41) is 4.79. The van der Waals surface area contributed by atoms with E-state index in [0.29, 0.717) is 5.92 Å². The van der Waals surface area contributed by atoms with Crippen molar-refractivity contribution in [2.45, 2.75) is 25.2 Å². The maximum absolute atomic E-state index is 6.41. The Kier molecular flexibility index (Phi) is 7.34. The van der Waals surface area contributed by atoms with E-state index in [1.165, 1.54) is 55.2 Å². The predicted molar refractivity (Wildman–Crippen MR) is 247 cm³/mol. The van der Waals surface area contributed by atoms with Crippen LogP contribution in [0, 0.1) is 0 Å². The number of fused-ring (bicyclic) bond motifs is 9. The van der Waals surface area contributed by atoms with Crippen molar-refractivity contribution in [1.29, 1.82) is 0 Å². The first-order chi connectivity index (χ1) is 29.0. The molecule has 1 N–H and O–H groups in total. The molecule has 0 spiro atoms. The summed E-state index contributed by atoms with van der Waals surface area (Å²) in [6, 6.07) is 62.1. The standard InChI is InChI=1S/C56H40N2O/c1-56(2)50-16-7-5-12-44(50)47-33-49-48-32-39(24-31-52(48)57-53(49)34-51(47)56)37-20-27-41(28-21-37)58(40-25-18-36(19-26-40)35-10-3-4-11-35)42-29-22-38(23-30-42)43-14-9-15-46-45-13-6-8-17-54(45)59-55(43)46/h3-35,57H,1-2H3. The van der Waals surface area contributed by atoms with Gasteiger partial charge in [-0.3, -0.25) is 0 Å². The van der Waals surface area contributed by atoms with Gasteiger partial charge in [0.1, 0.15) is 11.2 Å². The van der Waals surface area contributed by atoms with E-state index in [0.717, 1.165) is 55.6 Å². The summed E-state index contributed by atoms with van der Waals surface area (Å²) < 4.78 is 6.41. The Morgan fingerprint density at radius 3 is 1.88 bits per heavy atom. The molecule has 0 radical (unpaired) electrons. The Morgan fingerprint density at radius 2 is 1.10 bits per heavy atom. The summed E-state index contributed by atoms with van der Waals surface area (Å²) in [7, 11) is 0. The number of hydrogen-bond acceptors (Lipinski definition) is 2. The molecular formula is C56H40N2O. The van der Waals surface area contributed by atoms with Crippen molar-refractivity contribution < 1.29 is 4.42 Å². The Hall–Kier alpha value is -7.36. The average Bonchev–Trinajstić information content (AvgIpc) is 4.08. The van der Waals surface area contributed by atoms with E-state index in [9.17, 15) is 0 Å². The minimum Gasteiger partial charge on any atom is -0.455 e. The van der Waals surface area contributed by atoms with Gasteiger partial charge < -0.3 is 14.3 Å². The highest BCUT2D eigenvalue weighted by molar-refractivity contribution is 6.11. The molecule has 59 heavy (non-hydrogen) atoms. The number of anilines is 3. The van der Waals surface area contributed by atoms with Crippen LogP contribution in [0.5, 0.6) is 0 Å². The molecule has 10 aromatic rings. The molecule has 0 saturated heterocycles. The van der Waals surface area contributed by atoms with Crippen LogP contribution in [0.4, 0.5) is 17.1 Å². The maximum atomic E-state index is 6.41. The number of aromatic nitrogens is 1. The second-order valence-corrected chi connectivity index (χ2v) is 16.6. The Morgan fingerprint density at radius 1 is 0.475 bits per heavy atom. The van der Waals surface area contributed by atoms with Crippen LogP contribution in [0.3, 0.4) is 0 Å². The van der Waals surface area contributed by atoms with Crippen LogP contribution < -0.4 is 4.90 Å². The zero-order valence-electron chi connectivity index (χ0n) is 32.9. The lowest BCUT2D eigenvalue weighted by molar-refractivity contribution is 0.661. The average molecular weight is 757 g/mol. The van der Waals surface area contributed by atoms with Crippen LogP contribution in [0.2, 0.25) is 0 Å². The van der Waals surface area contributed by atoms with Gasteiger partial charge in [-0.15, -0.1) is 0 Å². The molecule has 0 unspecified atom stereocenters. The lowest BCUT2D eigenvalue weighted by atomic mass is 9.82. The molecule has 0 amide bonds. The zero-order chi connectivity index (χ0) is 39.2. The van der Waals surface area contributed by atoms with Crippen molar-refractivity contribution >= 4 is 60.8 Å². The van der Waals surface area contributed by atoms with Crippen molar-refractivity contribution in [3.05, 3.63) is 211 Å². The molecule has 0 bridgehead atoms. The molecule has 3 heteroatoms. The molecule has 2 aliphatic rings. The molecule has 0 atom stereocenters. The van der Waals surface area contributed by atoms with E-state index in [4.69, 9.17) is 4.42 Å². The summed E-state index contributed by atoms with van der Waals surface area (Å²) in [5.41, 5.74) is 18.8. The van der Waals surface area contributed by atoms with Gasteiger partial charge in [-0.1, -0.05) is 141 Å². The van der Waals surface area contributed by atoms with Gasteiger partial charge in [0.05, 0.1) is 0 Å². The number of nitrogens with one attached hydrogen (secondary N) is 1. The van der Waals surface area contributed by atoms with Crippen molar-refractivity contribution in [1.82, 2.24) is 4.98 Å². The largest absolute Gasteiger partial charge is 0.455 e. The highest BCUT2D eigenvalue weighted by atomic mass is 16.3. The van der Waals surface area contributed by atoms with Crippen LogP contribution in [0.15, 0.2) is 199 Å². The second-order valence-electron chi connectivity index (χ2n) is 16.6. The van der Waals surface area contributed by atoms with E-state index in [2.05, 4.69) is 206 Å². The number of furan rings is 1. The molecule has 280 valence electrons. The minimum absolute atomic E-state index is 0.0307. The number of allylic oxidation sites excluding steroid dienone is 4. The van der Waals surface area contributed by atoms with Gasteiger partial charge in [0.25, 0.3) is 0 Å². The summed E-state index contributed by atoms with van der Waals surface area (Å²) in [6.07, 6.45) is 8.74. The van der Waals surface area contributed by atoms with Crippen LogP contribution in [0.25, 0.3) is 77.1 Å². The van der Waals surface area contributed by atoms with Crippen LogP contribution in [-0.2, 0) is 5.41 Å². The monoisotopic (exact) mass is 756 g/mol. The van der Waals surface area contributed by atoms with E-state index >= 15 is 0 Å². The number of rotatable bonds is 6. The molecule has 8 aromatic carbocycles. The Balaban J connectivity index is 0.918. The number of H-pyrrole nitrogens is 1. The predicted octanol–water partition coefficient (Wildman–Crippen LogP) is 15.5. The smallest absolute Gasteiger partial charge is 0.143 e. The zero-order valence-corrected chi connectivity index (χ0v) is 32.9. The maximum Gasteiger partial charge on any atom is 0.143 e. The van der Waals surface area contributed by atoms with Crippen LogP contribution >= 0.6 is 0 Å². The number of benzene rings is 8. The lowest BCUT2D eigenvalue weighted by Gasteiger charge is -2.26. The molecule has 3 nitrogen and oxygen atoms in total. The third-order valence-electron chi connectivity index (χ3n) is 12.9. The SMILES string of the molecule is CC1(C)c2ccccc2-c2cc3c(cc21)[nH]c1ccc(-c2ccc(N(c4ccc(-c5cccc6c5oc5ccccc56)cc4)c4ccc(C5C=CC=C5)cc4)cc2)cc13. The molecule has 0 fully saturated rings. The number of aromatic amines is 1. The van der Waals surface area contributed by atoms with Gasteiger partial charge >= 0.3 is 0 Å². The van der Waals surface area contributed by atoms with Crippen LogP contribution in [0.1, 0.15) is 36.5 Å². The molecular weight excluding hydrogens is 717 g/mol. The van der Waals surface area contributed by atoms with E-state index in [-0.39, 0.29) is 5.41 Å². The number of nitrogens with zero attached hydrogens (tertiary/aromatic N) is 1. The number of para-hydroxylation sites is 2. The molecule has 2 aromatic heterocycles. The normalized spacial score (nSPS) is 14.2. The fourth-order valence-corrected chi connectivity index (χ4v) is 9.79. The van der Waals surface area contributed by atoms with Gasteiger partial charge in [-0.2, -0.15) is 0 Å². The summed E-state index contributed by atoms with van der Waals surface area (Å²) >= 11 is 0. The topological polar surface area (TPSA) is 32.2 Å². The Bertz CT molecular complexity index is 3330. The summed E-state index contributed by atoms with van der Waals surface area (Å²) in [4.78, 5) is 6.09. The molecule has 0 saturated carbocycles. The molecule has 0 aliphatic heterocycles. The molecule has 12 rings (SSSR count). The quantitative estimate of drug-likeness (QED) is 0.183. The highest BCUT2D eigenvalue weighted by Gasteiger charge is 2.35. The van der Waals surface area contributed by atoms with E-state index in [1.807, 2.05) is 12.1 Å². The van der Waals surface area contributed by atoms with Gasteiger partial charge in [0.15, 0.2) is 0 Å².